The van der Waals surface area contributed by atoms with Crippen LogP contribution in [-0.2, 0) is 10.8 Å². The van der Waals surface area contributed by atoms with E-state index < -0.39 is 10.8 Å². The van der Waals surface area contributed by atoms with Gasteiger partial charge in [-0.25, -0.2) is 0 Å². The molecule has 0 aromatic heterocycles. The van der Waals surface area contributed by atoms with E-state index in [0.717, 1.165) is 36.6 Å². The van der Waals surface area contributed by atoms with Crippen molar-refractivity contribution >= 4 is 10.8 Å². The summed E-state index contributed by atoms with van der Waals surface area (Å²) in [5.74, 6) is 0.750. The number of hydrogen-bond donors (Lipinski definition) is 1. The van der Waals surface area contributed by atoms with Gasteiger partial charge in [0.1, 0.15) is 0 Å². The van der Waals surface area contributed by atoms with Crippen molar-refractivity contribution in [3.05, 3.63) is 29.8 Å². The Morgan fingerprint density at radius 3 is 2.81 bits per heavy atom. The minimum absolute atomic E-state index is 0.750. The molecule has 0 saturated carbocycles. The maximum Gasteiger partial charge on any atom is 0.0530 e. The highest BCUT2D eigenvalue weighted by molar-refractivity contribution is 7.85. The molecule has 1 atom stereocenters. The van der Waals surface area contributed by atoms with E-state index in [-0.39, 0.29) is 0 Å². The monoisotopic (exact) mass is 239 g/mol. The van der Waals surface area contributed by atoms with Crippen molar-refractivity contribution in [3.63, 3.8) is 0 Å². The second kappa shape index (κ2) is 7.58. The zero-order valence-electron chi connectivity index (χ0n) is 10.2. The molecule has 90 valence electrons. The Hall–Kier alpha value is -0.670. The SMILES string of the molecule is CCCNCCCS(=O)c1cccc(C)c1. The van der Waals surface area contributed by atoms with Crippen molar-refractivity contribution in [3.8, 4) is 0 Å². The molecule has 0 aliphatic rings. The molecule has 2 nitrogen and oxygen atoms in total. The zero-order valence-corrected chi connectivity index (χ0v) is 11.0. The molecule has 0 aliphatic carbocycles. The molecule has 1 unspecified atom stereocenters. The third-order valence-corrected chi connectivity index (χ3v) is 3.80. The first-order valence-corrected chi connectivity index (χ1v) is 7.21. The third-order valence-electron chi connectivity index (χ3n) is 2.36. The van der Waals surface area contributed by atoms with Crippen LogP contribution in [0.25, 0.3) is 0 Å². The van der Waals surface area contributed by atoms with Gasteiger partial charge in [0.25, 0.3) is 0 Å². The van der Waals surface area contributed by atoms with Gasteiger partial charge in [-0.15, -0.1) is 0 Å². The van der Waals surface area contributed by atoms with E-state index in [1.165, 1.54) is 5.56 Å². The highest BCUT2D eigenvalue weighted by Gasteiger charge is 2.02. The van der Waals surface area contributed by atoms with Crippen LogP contribution in [0, 0.1) is 6.92 Å². The maximum absolute atomic E-state index is 11.9. The van der Waals surface area contributed by atoms with E-state index in [1.54, 1.807) is 0 Å². The molecular formula is C13H21NOS. The van der Waals surface area contributed by atoms with Gasteiger partial charge in [-0.3, -0.25) is 4.21 Å². The largest absolute Gasteiger partial charge is 0.317 e. The molecule has 0 spiro atoms. The van der Waals surface area contributed by atoms with Crippen molar-refractivity contribution < 1.29 is 4.21 Å². The van der Waals surface area contributed by atoms with E-state index in [2.05, 4.69) is 12.2 Å². The normalized spacial score (nSPS) is 12.6. The minimum atomic E-state index is -0.839. The van der Waals surface area contributed by atoms with Crippen LogP contribution in [0.5, 0.6) is 0 Å². The van der Waals surface area contributed by atoms with Crippen LogP contribution in [0.2, 0.25) is 0 Å². The number of hydrogen-bond acceptors (Lipinski definition) is 2. The Morgan fingerprint density at radius 1 is 1.31 bits per heavy atom. The van der Waals surface area contributed by atoms with Crippen LogP contribution in [0.15, 0.2) is 29.2 Å². The van der Waals surface area contributed by atoms with Crippen molar-refractivity contribution in [2.75, 3.05) is 18.8 Å². The minimum Gasteiger partial charge on any atom is -0.317 e. The lowest BCUT2D eigenvalue weighted by atomic mass is 10.2. The molecule has 0 aliphatic heterocycles. The predicted octanol–water partition coefficient (Wildman–Crippen LogP) is 2.49. The Bertz CT molecular complexity index is 338. The molecule has 0 radical (unpaired) electrons. The van der Waals surface area contributed by atoms with Gasteiger partial charge < -0.3 is 5.32 Å². The molecule has 0 saturated heterocycles. The smallest absolute Gasteiger partial charge is 0.0530 e. The predicted molar refractivity (Wildman–Crippen MR) is 70.2 cm³/mol. The average molecular weight is 239 g/mol. The van der Waals surface area contributed by atoms with Gasteiger partial charge in [-0.05, 0) is 50.6 Å². The van der Waals surface area contributed by atoms with Crippen LogP contribution >= 0.6 is 0 Å². The molecule has 0 amide bonds. The number of aryl methyl sites for hydroxylation is 1. The standard InChI is InChI=1S/C13H21NOS/c1-3-8-14-9-5-10-16(15)13-7-4-6-12(2)11-13/h4,6-7,11,14H,3,5,8-10H2,1-2H3. The van der Waals surface area contributed by atoms with Gasteiger partial charge in [0.2, 0.25) is 0 Å². The molecule has 3 heteroatoms. The molecule has 1 rings (SSSR count). The Morgan fingerprint density at radius 2 is 2.12 bits per heavy atom. The van der Waals surface area contributed by atoms with E-state index in [1.807, 2.05) is 31.2 Å². The first-order chi connectivity index (χ1) is 7.74. The fraction of sp³-hybridized carbons (Fsp3) is 0.538. The Kier molecular flexibility index (Phi) is 6.34. The molecule has 1 N–H and O–H groups in total. The lowest BCUT2D eigenvalue weighted by Crippen LogP contribution is -2.17. The highest BCUT2D eigenvalue weighted by atomic mass is 32.2. The van der Waals surface area contributed by atoms with Gasteiger partial charge in [-0.1, -0.05) is 19.1 Å². The van der Waals surface area contributed by atoms with Gasteiger partial charge in [0.15, 0.2) is 0 Å². The molecular weight excluding hydrogens is 218 g/mol. The fourth-order valence-corrected chi connectivity index (χ4v) is 2.69. The van der Waals surface area contributed by atoms with E-state index in [9.17, 15) is 4.21 Å². The van der Waals surface area contributed by atoms with Crippen LogP contribution in [-0.4, -0.2) is 23.1 Å². The van der Waals surface area contributed by atoms with Crippen molar-refractivity contribution in [1.82, 2.24) is 5.32 Å². The van der Waals surface area contributed by atoms with E-state index in [0.29, 0.717) is 0 Å². The second-order valence-electron chi connectivity index (χ2n) is 3.97. The van der Waals surface area contributed by atoms with Crippen molar-refractivity contribution in [1.29, 1.82) is 0 Å². The maximum atomic E-state index is 11.9. The Labute approximate surface area is 101 Å². The molecule has 1 aromatic rings. The molecule has 0 fully saturated rings. The molecule has 0 bridgehead atoms. The van der Waals surface area contributed by atoms with Crippen LogP contribution < -0.4 is 5.32 Å². The summed E-state index contributed by atoms with van der Waals surface area (Å²) in [6.45, 7) is 6.20. The topological polar surface area (TPSA) is 29.1 Å². The summed E-state index contributed by atoms with van der Waals surface area (Å²) in [5, 5.41) is 3.32. The lowest BCUT2D eigenvalue weighted by Gasteiger charge is -2.04. The summed E-state index contributed by atoms with van der Waals surface area (Å²) in [4.78, 5) is 0.954. The van der Waals surface area contributed by atoms with Gasteiger partial charge in [0, 0.05) is 10.6 Å². The lowest BCUT2D eigenvalue weighted by molar-refractivity contribution is 0.652. The number of benzene rings is 1. The summed E-state index contributed by atoms with van der Waals surface area (Å²) in [6.07, 6.45) is 2.13. The second-order valence-corrected chi connectivity index (χ2v) is 5.54. The van der Waals surface area contributed by atoms with Gasteiger partial charge in [-0.2, -0.15) is 0 Å². The highest BCUT2D eigenvalue weighted by Crippen LogP contribution is 2.09. The first-order valence-electron chi connectivity index (χ1n) is 5.90. The summed E-state index contributed by atoms with van der Waals surface area (Å²) < 4.78 is 11.9. The average Bonchev–Trinajstić information content (AvgIpc) is 2.28. The number of nitrogens with one attached hydrogen (secondary N) is 1. The molecule has 0 heterocycles. The van der Waals surface area contributed by atoms with Gasteiger partial charge >= 0.3 is 0 Å². The zero-order chi connectivity index (χ0) is 11.8. The van der Waals surface area contributed by atoms with Crippen molar-refractivity contribution in [2.24, 2.45) is 0 Å². The van der Waals surface area contributed by atoms with Gasteiger partial charge in [0.05, 0.1) is 10.8 Å². The summed E-state index contributed by atoms with van der Waals surface area (Å²) >= 11 is 0. The van der Waals surface area contributed by atoms with Crippen LogP contribution in [0.3, 0.4) is 0 Å². The van der Waals surface area contributed by atoms with Crippen LogP contribution in [0.1, 0.15) is 25.3 Å². The van der Waals surface area contributed by atoms with E-state index in [4.69, 9.17) is 0 Å². The van der Waals surface area contributed by atoms with E-state index >= 15 is 0 Å². The summed E-state index contributed by atoms with van der Waals surface area (Å²) in [7, 11) is -0.839. The third kappa shape index (κ3) is 4.90. The summed E-state index contributed by atoms with van der Waals surface area (Å²) in [5.41, 5.74) is 1.18. The first kappa shape index (κ1) is 13.4. The molecule has 16 heavy (non-hydrogen) atoms. The van der Waals surface area contributed by atoms with Crippen LogP contribution in [0.4, 0.5) is 0 Å². The molecule has 1 aromatic carbocycles. The summed E-state index contributed by atoms with van der Waals surface area (Å²) in [6, 6.07) is 7.96. The quantitative estimate of drug-likeness (QED) is 0.741. The van der Waals surface area contributed by atoms with Crippen molar-refractivity contribution in [2.45, 2.75) is 31.6 Å². The number of rotatable bonds is 7. The Balaban J connectivity index is 2.30. The fourth-order valence-electron chi connectivity index (χ4n) is 1.50.